The van der Waals surface area contributed by atoms with Crippen LogP contribution in [0.2, 0.25) is 0 Å². The molecular weight excluding hydrogens is 330 g/mol. The average molecular weight is 356 g/mol. The normalized spacial score (nSPS) is 32.8. The topological polar surface area (TPSA) is 79.9 Å². The summed E-state index contributed by atoms with van der Waals surface area (Å²) in [6.45, 7) is 5.87. The van der Waals surface area contributed by atoms with Gasteiger partial charge < -0.3 is 14.8 Å². The maximum Gasteiger partial charge on any atom is 0.279 e. The van der Waals surface area contributed by atoms with E-state index in [4.69, 9.17) is 9.47 Å². The zero-order valence-corrected chi connectivity index (χ0v) is 14.5. The standard InChI is InChI=1S/C13H25N3O4S.ClH/c1-11-2-5-14-10-12(11)15-21(17,18)16-6-3-13(4-7-16)19-8-9-20-13;/h11-12,14-15H,2-10H2,1H3;1H. The van der Waals surface area contributed by atoms with E-state index in [9.17, 15) is 8.42 Å². The maximum absolute atomic E-state index is 12.5. The fourth-order valence-electron chi connectivity index (χ4n) is 3.27. The third-order valence-electron chi connectivity index (χ3n) is 4.77. The summed E-state index contributed by atoms with van der Waals surface area (Å²) in [6, 6.07) is -0.0291. The Bertz CT molecular complexity index is 460. The Morgan fingerprint density at radius 3 is 2.45 bits per heavy atom. The van der Waals surface area contributed by atoms with Gasteiger partial charge >= 0.3 is 0 Å². The van der Waals surface area contributed by atoms with Crippen LogP contribution in [0.5, 0.6) is 0 Å². The van der Waals surface area contributed by atoms with Crippen molar-refractivity contribution in [3.8, 4) is 0 Å². The molecule has 2 N–H and O–H groups in total. The fourth-order valence-corrected chi connectivity index (χ4v) is 4.78. The van der Waals surface area contributed by atoms with Crippen molar-refractivity contribution in [3.05, 3.63) is 0 Å². The first kappa shape index (κ1) is 18.4. The molecule has 0 saturated carbocycles. The second-order valence-corrected chi connectivity index (χ2v) is 7.91. The van der Waals surface area contributed by atoms with Gasteiger partial charge in [0, 0.05) is 38.5 Å². The molecule has 22 heavy (non-hydrogen) atoms. The van der Waals surface area contributed by atoms with Crippen molar-refractivity contribution in [2.24, 2.45) is 5.92 Å². The monoisotopic (exact) mass is 355 g/mol. The lowest BCUT2D eigenvalue weighted by Gasteiger charge is -2.38. The summed E-state index contributed by atoms with van der Waals surface area (Å²) >= 11 is 0. The molecule has 1 spiro atoms. The molecule has 2 atom stereocenters. The summed E-state index contributed by atoms with van der Waals surface area (Å²) in [5.41, 5.74) is 0. The van der Waals surface area contributed by atoms with Crippen molar-refractivity contribution in [1.29, 1.82) is 0 Å². The molecule has 2 unspecified atom stereocenters. The molecule has 3 heterocycles. The minimum absolute atomic E-state index is 0. The zero-order chi connectivity index (χ0) is 14.9. The van der Waals surface area contributed by atoms with Crippen molar-refractivity contribution >= 4 is 22.6 Å². The lowest BCUT2D eigenvalue weighted by atomic mass is 9.96. The molecule has 0 aromatic rings. The minimum atomic E-state index is -3.43. The Morgan fingerprint density at radius 2 is 1.86 bits per heavy atom. The molecule has 0 aromatic heterocycles. The predicted molar refractivity (Wildman–Crippen MR) is 85.2 cm³/mol. The Balaban J connectivity index is 0.00000176. The van der Waals surface area contributed by atoms with Crippen LogP contribution in [0.25, 0.3) is 0 Å². The Morgan fingerprint density at radius 1 is 1.23 bits per heavy atom. The Labute approximate surface area is 138 Å². The van der Waals surface area contributed by atoms with E-state index in [1.807, 2.05) is 0 Å². The molecule has 7 nitrogen and oxygen atoms in total. The van der Waals surface area contributed by atoms with Crippen LogP contribution in [0.1, 0.15) is 26.2 Å². The van der Waals surface area contributed by atoms with Crippen LogP contribution < -0.4 is 10.0 Å². The molecule has 0 radical (unpaired) electrons. The largest absolute Gasteiger partial charge is 0.347 e. The number of nitrogens with one attached hydrogen (secondary N) is 2. The van der Waals surface area contributed by atoms with E-state index < -0.39 is 16.0 Å². The SMILES string of the molecule is CC1CCNCC1NS(=O)(=O)N1CCC2(CC1)OCCO2.Cl. The van der Waals surface area contributed by atoms with Gasteiger partial charge in [0.25, 0.3) is 10.2 Å². The van der Waals surface area contributed by atoms with Crippen molar-refractivity contribution in [1.82, 2.24) is 14.3 Å². The molecule has 0 aromatic carbocycles. The third-order valence-corrected chi connectivity index (χ3v) is 6.41. The third kappa shape index (κ3) is 3.92. The van der Waals surface area contributed by atoms with Crippen LogP contribution in [0.15, 0.2) is 0 Å². The van der Waals surface area contributed by atoms with E-state index in [1.54, 1.807) is 0 Å². The first-order valence-electron chi connectivity index (χ1n) is 7.77. The smallest absolute Gasteiger partial charge is 0.279 e. The highest BCUT2D eigenvalue weighted by Gasteiger charge is 2.42. The van der Waals surface area contributed by atoms with Gasteiger partial charge in [-0.2, -0.15) is 17.4 Å². The van der Waals surface area contributed by atoms with Crippen molar-refractivity contribution in [2.75, 3.05) is 39.4 Å². The first-order valence-corrected chi connectivity index (χ1v) is 9.21. The molecule has 3 aliphatic rings. The van der Waals surface area contributed by atoms with Crippen LogP contribution in [0, 0.1) is 5.92 Å². The van der Waals surface area contributed by atoms with Crippen molar-refractivity contribution in [3.63, 3.8) is 0 Å². The molecule has 9 heteroatoms. The zero-order valence-electron chi connectivity index (χ0n) is 12.9. The highest BCUT2D eigenvalue weighted by atomic mass is 35.5. The lowest BCUT2D eigenvalue weighted by Crippen LogP contribution is -2.56. The number of piperidine rings is 2. The van der Waals surface area contributed by atoms with Gasteiger partial charge in [-0.15, -0.1) is 12.4 Å². The molecule has 130 valence electrons. The van der Waals surface area contributed by atoms with Gasteiger partial charge in [-0.1, -0.05) is 6.92 Å². The molecule has 3 rings (SSSR count). The number of ether oxygens (including phenoxy) is 2. The molecular formula is C13H26ClN3O4S. The summed E-state index contributed by atoms with van der Waals surface area (Å²) < 4.78 is 40.7. The van der Waals surface area contributed by atoms with E-state index >= 15 is 0 Å². The Hall–Kier alpha value is 0.0400. The van der Waals surface area contributed by atoms with Crippen LogP contribution >= 0.6 is 12.4 Å². The molecule has 0 aliphatic carbocycles. The summed E-state index contributed by atoms with van der Waals surface area (Å²) in [4.78, 5) is 0. The van der Waals surface area contributed by atoms with Gasteiger partial charge in [0.15, 0.2) is 5.79 Å². The van der Waals surface area contributed by atoms with Crippen molar-refractivity contribution in [2.45, 2.75) is 38.0 Å². The number of hydrogen-bond donors (Lipinski definition) is 2. The summed E-state index contributed by atoms with van der Waals surface area (Å²) in [5, 5.41) is 3.24. The highest BCUT2D eigenvalue weighted by Crippen LogP contribution is 2.32. The van der Waals surface area contributed by atoms with Gasteiger partial charge in [-0.25, -0.2) is 0 Å². The average Bonchev–Trinajstić information content (AvgIpc) is 2.90. The number of rotatable bonds is 3. The van der Waals surface area contributed by atoms with Crippen LogP contribution in [0.4, 0.5) is 0 Å². The quantitative estimate of drug-likeness (QED) is 0.749. The van der Waals surface area contributed by atoms with Crippen LogP contribution in [-0.4, -0.2) is 63.9 Å². The van der Waals surface area contributed by atoms with Crippen molar-refractivity contribution < 1.29 is 17.9 Å². The van der Waals surface area contributed by atoms with E-state index in [0.717, 1.165) is 13.0 Å². The minimum Gasteiger partial charge on any atom is -0.347 e. The number of halogens is 1. The molecule has 0 amide bonds. The summed E-state index contributed by atoms with van der Waals surface area (Å²) in [7, 11) is -3.43. The maximum atomic E-state index is 12.5. The van der Waals surface area contributed by atoms with Gasteiger partial charge in [0.1, 0.15) is 0 Å². The summed E-state index contributed by atoms with van der Waals surface area (Å²) in [5.74, 6) is -0.176. The van der Waals surface area contributed by atoms with Gasteiger partial charge in [0.2, 0.25) is 0 Å². The number of nitrogens with zero attached hydrogens (tertiary/aromatic N) is 1. The molecule has 3 aliphatic heterocycles. The van der Waals surface area contributed by atoms with E-state index in [0.29, 0.717) is 51.6 Å². The summed E-state index contributed by atoms with van der Waals surface area (Å²) in [6.07, 6.45) is 2.21. The van der Waals surface area contributed by atoms with E-state index in [2.05, 4.69) is 17.0 Å². The van der Waals surface area contributed by atoms with Gasteiger partial charge in [-0.3, -0.25) is 0 Å². The predicted octanol–water partition coefficient (Wildman–Crippen LogP) is 0.0795. The molecule has 0 bridgehead atoms. The lowest BCUT2D eigenvalue weighted by molar-refractivity contribution is -0.179. The molecule has 3 saturated heterocycles. The van der Waals surface area contributed by atoms with Gasteiger partial charge in [0.05, 0.1) is 13.2 Å². The van der Waals surface area contributed by atoms with Gasteiger partial charge in [-0.05, 0) is 18.9 Å². The Kier molecular flexibility index (Phi) is 6.09. The molecule has 3 fully saturated rings. The first-order chi connectivity index (χ1) is 10.0. The number of hydrogen-bond acceptors (Lipinski definition) is 5. The fraction of sp³-hybridized carbons (Fsp3) is 1.00. The van der Waals surface area contributed by atoms with E-state index in [1.165, 1.54) is 4.31 Å². The van der Waals surface area contributed by atoms with E-state index in [-0.39, 0.29) is 18.4 Å². The second-order valence-electron chi connectivity index (χ2n) is 6.21. The van der Waals surface area contributed by atoms with Crippen LogP contribution in [0.3, 0.4) is 0 Å². The second kappa shape index (κ2) is 7.29. The highest BCUT2D eigenvalue weighted by molar-refractivity contribution is 7.87. The van der Waals surface area contributed by atoms with Crippen LogP contribution in [-0.2, 0) is 19.7 Å².